The summed E-state index contributed by atoms with van der Waals surface area (Å²) in [5, 5.41) is 3.86. The first-order chi connectivity index (χ1) is 8.11. The van der Waals surface area contributed by atoms with Crippen LogP contribution < -0.4 is 5.32 Å². The molecule has 0 radical (unpaired) electrons. The molecule has 2 saturated heterocycles. The molecule has 2 fully saturated rings. The summed E-state index contributed by atoms with van der Waals surface area (Å²) in [4.78, 5) is 2.44. The molecular weight excluding hydrogens is 212 g/mol. The van der Waals surface area contributed by atoms with Gasteiger partial charge in [0.1, 0.15) is 0 Å². The molecule has 3 heteroatoms. The molecule has 0 aromatic rings. The number of nitrogens with one attached hydrogen (secondary N) is 1. The fourth-order valence-corrected chi connectivity index (χ4v) is 3.15. The molecule has 0 saturated carbocycles. The Kier molecular flexibility index (Phi) is 4.45. The highest BCUT2D eigenvalue weighted by molar-refractivity contribution is 4.88. The van der Waals surface area contributed by atoms with Crippen molar-refractivity contribution in [1.29, 1.82) is 0 Å². The Bertz CT molecular complexity index is 246. The SMILES string of the molecule is CCC1(C)CC(NC2CCCN(C)C2)CCO1. The van der Waals surface area contributed by atoms with Crippen LogP contribution >= 0.6 is 0 Å². The number of ether oxygens (including phenoxy) is 1. The largest absolute Gasteiger partial charge is 0.375 e. The van der Waals surface area contributed by atoms with Crippen molar-refractivity contribution in [1.82, 2.24) is 10.2 Å². The normalized spacial score (nSPS) is 40.4. The maximum Gasteiger partial charge on any atom is 0.0666 e. The minimum atomic E-state index is 0.108. The number of likely N-dealkylation sites (tertiary alicyclic amines) is 1. The first-order valence-electron chi connectivity index (χ1n) is 7.20. The molecule has 0 aromatic carbocycles. The molecule has 3 atom stereocenters. The third kappa shape index (κ3) is 3.67. The molecule has 3 nitrogen and oxygen atoms in total. The van der Waals surface area contributed by atoms with E-state index in [1.807, 2.05) is 0 Å². The van der Waals surface area contributed by atoms with Crippen LogP contribution in [0.15, 0.2) is 0 Å². The number of hydrogen-bond donors (Lipinski definition) is 1. The highest BCUT2D eigenvalue weighted by Crippen LogP contribution is 2.28. The summed E-state index contributed by atoms with van der Waals surface area (Å²) in [6.07, 6.45) is 6.14. The second-order valence-electron chi connectivity index (χ2n) is 6.11. The Morgan fingerprint density at radius 1 is 1.35 bits per heavy atom. The van der Waals surface area contributed by atoms with E-state index in [-0.39, 0.29) is 5.60 Å². The van der Waals surface area contributed by atoms with Crippen molar-refractivity contribution < 1.29 is 4.74 Å². The van der Waals surface area contributed by atoms with Gasteiger partial charge in [-0.3, -0.25) is 0 Å². The molecular formula is C14H28N2O. The first kappa shape index (κ1) is 13.3. The quantitative estimate of drug-likeness (QED) is 0.817. The van der Waals surface area contributed by atoms with E-state index in [0.29, 0.717) is 12.1 Å². The Labute approximate surface area is 106 Å². The van der Waals surface area contributed by atoms with E-state index >= 15 is 0 Å². The average molecular weight is 240 g/mol. The molecule has 0 aromatic heterocycles. The molecule has 0 spiro atoms. The van der Waals surface area contributed by atoms with Gasteiger partial charge in [0.05, 0.1) is 5.60 Å². The smallest absolute Gasteiger partial charge is 0.0666 e. The van der Waals surface area contributed by atoms with Gasteiger partial charge in [-0.25, -0.2) is 0 Å². The highest BCUT2D eigenvalue weighted by atomic mass is 16.5. The lowest BCUT2D eigenvalue weighted by atomic mass is 9.89. The van der Waals surface area contributed by atoms with Crippen LogP contribution in [0, 0.1) is 0 Å². The highest BCUT2D eigenvalue weighted by Gasteiger charge is 2.32. The van der Waals surface area contributed by atoms with E-state index < -0.39 is 0 Å². The summed E-state index contributed by atoms with van der Waals surface area (Å²) >= 11 is 0. The monoisotopic (exact) mass is 240 g/mol. The van der Waals surface area contributed by atoms with Crippen LogP contribution in [0.2, 0.25) is 0 Å². The summed E-state index contributed by atoms with van der Waals surface area (Å²) in [5.74, 6) is 0. The third-order valence-corrected chi connectivity index (χ3v) is 4.44. The second kappa shape index (κ2) is 5.68. The van der Waals surface area contributed by atoms with Crippen molar-refractivity contribution in [3.63, 3.8) is 0 Å². The minimum absolute atomic E-state index is 0.108. The Morgan fingerprint density at radius 3 is 2.88 bits per heavy atom. The fourth-order valence-electron chi connectivity index (χ4n) is 3.15. The third-order valence-electron chi connectivity index (χ3n) is 4.44. The van der Waals surface area contributed by atoms with Gasteiger partial charge in [-0.05, 0) is 52.6 Å². The molecule has 2 rings (SSSR count). The Morgan fingerprint density at radius 2 is 2.18 bits per heavy atom. The lowest BCUT2D eigenvalue weighted by molar-refractivity contribution is -0.0797. The Hall–Kier alpha value is -0.120. The minimum Gasteiger partial charge on any atom is -0.375 e. The van der Waals surface area contributed by atoms with Crippen molar-refractivity contribution in [3.8, 4) is 0 Å². The maximum atomic E-state index is 5.90. The van der Waals surface area contributed by atoms with Crippen molar-refractivity contribution in [3.05, 3.63) is 0 Å². The van der Waals surface area contributed by atoms with Gasteiger partial charge in [0.2, 0.25) is 0 Å². The maximum absolute atomic E-state index is 5.90. The number of likely N-dealkylation sites (N-methyl/N-ethyl adjacent to an activating group) is 1. The van der Waals surface area contributed by atoms with Gasteiger partial charge in [-0.1, -0.05) is 6.92 Å². The van der Waals surface area contributed by atoms with Gasteiger partial charge < -0.3 is 15.0 Å². The van der Waals surface area contributed by atoms with E-state index in [2.05, 4.69) is 31.1 Å². The summed E-state index contributed by atoms with van der Waals surface area (Å²) in [5.41, 5.74) is 0.108. The van der Waals surface area contributed by atoms with Gasteiger partial charge in [0.25, 0.3) is 0 Å². The van der Waals surface area contributed by atoms with Crippen molar-refractivity contribution >= 4 is 0 Å². The summed E-state index contributed by atoms with van der Waals surface area (Å²) in [7, 11) is 2.23. The van der Waals surface area contributed by atoms with Gasteiger partial charge in [-0.2, -0.15) is 0 Å². The van der Waals surface area contributed by atoms with Crippen LogP contribution in [-0.2, 0) is 4.74 Å². The molecule has 1 N–H and O–H groups in total. The molecule has 0 aliphatic carbocycles. The van der Waals surface area contributed by atoms with Crippen LogP contribution in [0.25, 0.3) is 0 Å². The number of nitrogens with zero attached hydrogens (tertiary/aromatic N) is 1. The zero-order valence-corrected chi connectivity index (χ0v) is 11.7. The fraction of sp³-hybridized carbons (Fsp3) is 1.00. The molecule has 0 amide bonds. The van der Waals surface area contributed by atoms with E-state index in [0.717, 1.165) is 13.0 Å². The van der Waals surface area contributed by atoms with E-state index in [1.165, 1.54) is 38.8 Å². The first-order valence-corrected chi connectivity index (χ1v) is 7.20. The van der Waals surface area contributed by atoms with E-state index in [1.54, 1.807) is 0 Å². The molecule has 100 valence electrons. The summed E-state index contributed by atoms with van der Waals surface area (Å²) in [6.45, 7) is 7.88. The Balaban J connectivity index is 1.82. The average Bonchev–Trinajstić information content (AvgIpc) is 2.29. The number of hydrogen-bond acceptors (Lipinski definition) is 3. The molecule has 0 bridgehead atoms. The summed E-state index contributed by atoms with van der Waals surface area (Å²) < 4.78 is 5.90. The van der Waals surface area contributed by atoms with Crippen molar-refractivity contribution in [2.75, 3.05) is 26.7 Å². The molecule has 2 heterocycles. The number of rotatable bonds is 3. The van der Waals surface area contributed by atoms with E-state index in [9.17, 15) is 0 Å². The lowest BCUT2D eigenvalue weighted by Crippen LogP contribution is -2.52. The zero-order valence-electron chi connectivity index (χ0n) is 11.7. The van der Waals surface area contributed by atoms with Crippen LogP contribution in [0.3, 0.4) is 0 Å². The van der Waals surface area contributed by atoms with Crippen LogP contribution in [-0.4, -0.2) is 49.3 Å². The lowest BCUT2D eigenvalue weighted by Gasteiger charge is -2.41. The zero-order chi connectivity index (χ0) is 12.3. The van der Waals surface area contributed by atoms with Gasteiger partial charge in [0.15, 0.2) is 0 Å². The predicted molar refractivity (Wildman–Crippen MR) is 71.3 cm³/mol. The molecule has 3 unspecified atom stereocenters. The number of piperidine rings is 1. The topological polar surface area (TPSA) is 24.5 Å². The predicted octanol–water partition coefficient (Wildman–Crippen LogP) is 2.02. The second-order valence-corrected chi connectivity index (χ2v) is 6.11. The summed E-state index contributed by atoms with van der Waals surface area (Å²) in [6, 6.07) is 1.35. The van der Waals surface area contributed by atoms with Crippen molar-refractivity contribution in [2.45, 2.75) is 63.6 Å². The molecule has 17 heavy (non-hydrogen) atoms. The van der Waals surface area contributed by atoms with E-state index in [4.69, 9.17) is 4.74 Å². The van der Waals surface area contributed by atoms with Gasteiger partial charge >= 0.3 is 0 Å². The van der Waals surface area contributed by atoms with Crippen LogP contribution in [0.1, 0.15) is 46.0 Å². The van der Waals surface area contributed by atoms with Crippen LogP contribution in [0.5, 0.6) is 0 Å². The van der Waals surface area contributed by atoms with Gasteiger partial charge in [0, 0.05) is 25.2 Å². The molecule has 2 aliphatic heterocycles. The van der Waals surface area contributed by atoms with Crippen molar-refractivity contribution in [2.24, 2.45) is 0 Å². The molecule has 2 aliphatic rings. The van der Waals surface area contributed by atoms with Gasteiger partial charge in [-0.15, -0.1) is 0 Å². The standard InChI is InChI=1S/C14H28N2O/c1-4-14(2)10-12(7-9-17-14)15-13-6-5-8-16(3)11-13/h12-13,15H,4-11H2,1-3H3. The van der Waals surface area contributed by atoms with Crippen LogP contribution in [0.4, 0.5) is 0 Å².